The Morgan fingerprint density at radius 1 is 1.30 bits per heavy atom. The molecule has 2 amide bonds. The van der Waals surface area contributed by atoms with Crippen molar-refractivity contribution in [1.29, 1.82) is 0 Å². The summed E-state index contributed by atoms with van der Waals surface area (Å²) in [5.74, 6) is -0.162. The van der Waals surface area contributed by atoms with Gasteiger partial charge in [-0.15, -0.1) is 0 Å². The number of carbonyl (C=O) groups is 2. The smallest absolute Gasteiger partial charge is 0.414 e. The van der Waals surface area contributed by atoms with Gasteiger partial charge in [0.15, 0.2) is 6.10 Å². The lowest BCUT2D eigenvalue weighted by Gasteiger charge is -2.23. The van der Waals surface area contributed by atoms with Gasteiger partial charge in [-0.1, -0.05) is 0 Å². The van der Waals surface area contributed by atoms with E-state index in [0.29, 0.717) is 36.8 Å². The minimum atomic E-state index is -0.581. The molecule has 0 saturated carbocycles. The van der Waals surface area contributed by atoms with Crippen LogP contribution in [0.1, 0.15) is 27.2 Å². The Balaban J connectivity index is 1.33. The summed E-state index contributed by atoms with van der Waals surface area (Å²) in [5, 5.41) is 6.46. The number of nitrogens with one attached hydrogen (secondary N) is 1. The number of aromatic nitrogens is 1. The molecule has 2 aromatic rings. The summed E-state index contributed by atoms with van der Waals surface area (Å²) in [5.41, 5.74) is 0.223. The highest BCUT2D eigenvalue weighted by atomic mass is 19.1. The van der Waals surface area contributed by atoms with Crippen LogP contribution in [0.4, 0.5) is 25.4 Å². The van der Waals surface area contributed by atoms with Crippen LogP contribution in [-0.4, -0.2) is 61.3 Å². The lowest BCUT2D eigenvalue weighted by molar-refractivity contribution is 0.0509. The molecule has 4 rings (SSSR count). The molecule has 0 bridgehead atoms. The Morgan fingerprint density at radius 3 is 2.82 bits per heavy atom. The number of carbonyl (C=O) groups excluding carboxylic acids is 2. The van der Waals surface area contributed by atoms with Gasteiger partial charge in [0.2, 0.25) is 0 Å². The lowest BCUT2D eigenvalue weighted by Crippen LogP contribution is -2.40. The number of benzene rings is 1. The van der Waals surface area contributed by atoms with Crippen molar-refractivity contribution in [1.82, 2.24) is 10.5 Å². The second-order valence-corrected chi connectivity index (χ2v) is 8.98. The molecule has 2 aliphatic heterocycles. The lowest BCUT2D eigenvalue weighted by atomic mass is 10.2. The van der Waals surface area contributed by atoms with Gasteiger partial charge in [-0.3, -0.25) is 4.90 Å². The maximum Gasteiger partial charge on any atom is 0.414 e. The van der Waals surface area contributed by atoms with E-state index in [1.54, 1.807) is 39.0 Å². The number of hydrogen-bond donors (Lipinski definition) is 1. The van der Waals surface area contributed by atoms with Crippen molar-refractivity contribution in [2.75, 3.05) is 36.0 Å². The predicted molar refractivity (Wildman–Crippen MR) is 116 cm³/mol. The van der Waals surface area contributed by atoms with Crippen molar-refractivity contribution < 1.29 is 32.7 Å². The predicted octanol–water partition coefficient (Wildman–Crippen LogP) is 3.32. The first kappa shape index (κ1) is 22.7. The minimum Gasteiger partial charge on any atom is -0.471 e. The number of halogens is 1. The van der Waals surface area contributed by atoms with Gasteiger partial charge < -0.3 is 29.0 Å². The van der Waals surface area contributed by atoms with Gasteiger partial charge in [0.05, 0.1) is 24.0 Å². The molecule has 2 fully saturated rings. The largest absolute Gasteiger partial charge is 0.471 e. The SMILES string of the molecule is CC(C)(C)OC(=O)N[C@@H]1CCN(c2ccc(N3C[C@H](COc4ccon4)OC3=O)cc2F)C1. The summed E-state index contributed by atoms with van der Waals surface area (Å²) in [6.45, 7) is 6.77. The summed E-state index contributed by atoms with van der Waals surface area (Å²) >= 11 is 0. The zero-order valence-corrected chi connectivity index (χ0v) is 18.7. The second-order valence-electron chi connectivity index (χ2n) is 8.98. The van der Waals surface area contributed by atoms with Gasteiger partial charge in [-0.05, 0) is 50.5 Å². The first-order valence-corrected chi connectivity index (χ1v) is 10.7. The maximum atomic E-state index is 14.9. The first-order valence-electron chi connectivity index (χ1n) is 10.7. The molecule has 2 atom stereocenters. The third-order valence-corrected chi connectivity index (χ3v) is 5.20. The normalized spacial score (nSPS) is 20.7. The summed E-state index contributed by atoms with van der Waals surface area (Å²) < 4.78 is 35.6. The average molecular weight is 462 g/mol. The highest BCUT2D eigenvalue weighted by molar-refractivity contribution is 5.90. The highest BCUT2D eigenvalue weighted by Gasteiger charge is 2.34. The molecule has 0 spiro atoms. The van der Waals surface area contributed by atoms with Crippen molar-refractivity contribution in [3.8, 4) is 5.88 Å². The van der Waals surface area contributed by atoms with Crippen LogP contribution < -0.4 is 19.9 Å². The molecule has 0 unspecified atom stereocenters. The quantitative estimate of drug-likeness (QED) is 0.697. The standard InChI is InChI=1S/C22H27FN4O6/c1-22(2,3)33-20(28)24-14-6-8-26(11-14)18-5-4-15(10-17(18)23)27-12-16(32-21(27)29)13-30-19-7-9-31-25-19/h4-5,7,9-10,14,16H,6,8,11-13H2,1-3H3,(H,24,28)/t14-,16-/m1/s1. The Labute approximate surface area is 190 Å². The Morgan fingerprint density at radius 2 is 2.12 bits per heavy atom. The van der Waals surface area contributed by atoms with E-state index in [1.807, 2.05) is 4.90 Å². The van der Waals surface area contributed by atoms with Crippen molar-refractivity contribution >= 4 is 23.6 Å². The van der Waals surface area contributed by atoms with Gasteiger partial charge in [-0.25, -0.2) is 14.0 Å². The fraction of sp³-hybridized carbons (Fsp3) is 0.500. The van der Waals surface area contributed by atoms with E-state index >= 15 is 0 Å². The van der Waals surface area contributed by atoms with Gasteiger partial charge >= 0.3 is 12.2 Å². The molecule has 11 heteroatoms. The van der Waals surface area contributed by atoms with E-state index in [4.69, 9.17) is 14.2 Å². The molecular weight excluding hydrogens is 435 g/mol. The molecule has 0 radical (unpaired) electrons. The number of ether oxygens (including phenoxy) is 3. The van der Waals surface area contributed by atoms with Crippen LogP contribution in [-0.2, 0) is 9.47 Å². The van der Waals surface area contributed by atoms with E-state index in [9.17, 15) is 14.0 Å². The molecule has 1 aromatic heterocycles. The maximum absolute atomic E-state index is 14.9. The van der Waals surface area contributed by atoms with Gasteiger partial charge in [-0.2, -0.15) is 0 Å². The van der Waals surface area contributed by atoms with Crippen LogP contribution in [0.2, 0.25) is 0 Å². The fourth-order valence-electron chi connectivity index (χ4n) is 3.76. The highest BCUT2D eigenvalue weighted by Crippen LogP contribution is 2.30. The van der Waals surface area contributed by atoms with Crippen LogP contribution in [0.25, 0.3) is 0 Å². The van der Waals surface area contributed by atoms with Crippen LogP contribution in [0.15, 0.2) is 35.1 Å². The molecule has 1 N–H and O–H groups in total. The van der Waals surface area contributed by atoms with Crippen LogP contribution in [0.5, 0.6) is 5.88 Å². The van der Waals surface area contributed by atoms with E-state index in [0.717, 1.165) is 0 Å². The number of anilines is 2. The fourth-order valence-corrected chi connectivity index (χ4v) is 3.76. The molecule has 2 aliphatic rings. The summed E-state index contributed by atoms with van der Waals surface area (Å²) in [7, 11) is 0. The van der Waals surface area contributed by atoms with Crippen molar-refractivity contribution in [2.45, 2.75) is 44.9 Å². The van der Waals surface area contributed by atoms with Crippen LogP contribution in [0, 0.1) is 5.82 Å². The molecule has 3 heterocycles. The van der Waals surface area contributed by atoms with Gasteiger partial charge in [0, 0.05) is 19.2 Å². The second kappa shape index (κ2) is 9.16. The number of hydrogen-bond acceptors (Lipinski definition) is 8. The number of nitrogens with zero attached hydrogens (tertiary/aromatic N) is 3. The van der Waals surface area contributed by atoms with Gasteiger partial charge in [0.1, 0.15) is 24.3 Å². The van der Waals surface area contributed by atoms with Gasteiger partial charge in [0.25, 0.3) is 5.88 Å². The Hall–Kier alpha value is -3.50. The average Bonchev–Trinajstić information content (AvgIpc) is 3.46. The number of amides is 2. The van der Waals surface area contributed by atoms with E-state index in [1.165, 1.54) is 17.2 Å². The van der Waals surface area contributed by atoms with Crippen molar-refractivity contribution in [3.05, 3.63) is 36.3 Å². The monoisotopic (exact) mass is 462 g/mol. The zero-order chi connectivity index (χ0) is 23.6. The van der Waals surface area contributed by atoms with Crippen LogP contribution in [0.3, 0.4) is 0 Å². The zero-order valence-electron chi connectivity index (χ0n) is 18.7. The van der Waals surface area contributed by atoms with E-state index < -0.39 is 29.7 Å². The molecule has 178 valence electrons. The molecule has 2 saturated heterocycles. The summed E-state index contributed by atoms with van der Waals surface area (Å²) in [6.07, 6.45) is 0.475. The molecule has 33 heavy (non-hydrogen) atoms. The van der Waals surface area contributed by atoms with E-state index in [2.05, 4.69) is 15.0 Å². The number of cyclic esters (lactones) is 1. The Bertz CT molecular complexity index is 993. The number of rotatable bonds is 6. The first-order chi connectivity index (χ1) is 15.7. The van der Waals surface area contributed by atoms with Crippen molar-refractivity contribution in [3.63, 3.8) is 0 Å². The van der Waals surface area contributed by atoms with E-state index in [-0.39, 0.29) is 19.2 Å². The van der Waals surface area contributed by atoms with Crippen molar-refractivity contribution in [2.24, 2.45) is 0 Å². The third-order valence-electron chi connectivity index (χ3n) is 5.20. The topological polar surface area (TPSA) is 106 Å². The minimum absolute atomic E-state index is 0.106. The number of alkyl carbamates (subject to hydrolysis) is 1. The van der Waals surface area contributed by atoms with Crippen LogP contribution >= 0.6 is 0 Å². The molecule has 0 aliphatic carbocycles. The molecular formula is C22H27FN4O6. The molecule has 1 aromatic carbocycles. The third kappa shape index (κ3) is 5.65. The summed E-state index contributed by atoms with van der Waals surface area (Å²) in [6, 6.07) is 6.03. The summed E-state index contributed by atoms with van der Waals surface area (Å²) in [4.78, 5) is 27.5. The molecule has 10 nitrogen and oxygen atoms in total. The Kier molecular flexibility index (Phi) is 6.30.